The molecule has 4 fully saturated rings. The van der Waals surface area contributed by atoms with E-state index in [0.29, 0.717) is 0 Å². The summed E-state index contributed by atoms with van der Waals surface area (Å²) < 4.78 is 0. The van der Waals surface area contributed by atoms with E-state index in [4.69, 9.17) is 11.6 Å². The van der Waals surface area contributed by atoms with Crippen molar-refractivity contribution in [3.63, 3.8) is 0 Å². The van der Waals surface area contributed by atoms with Gasteiger partial charge in [-0.3, -0.25) is 0 Å². The molecule has 0 spiro atoms. The zero-order valence-electron chi connectivity index (χ0n) is 10.8. The molecule has 0 nitrogen and oxygen atoms in total. The summed E-state index contributed by atoms with van der Waals surface area (Å²) in [7, 11) is 0. The minimum atomic E-state index is 0.251. The third-order valence-corrected chi connectivity index (χ3v) is 6.30. The molecule has 1 unspecified atom stereocenters. The smallest absolute Gasteiger partial charge is 0.0618 e. The summed E-state index contributed by atoms with van der Waals surface area (Å²) in [5.74, 6) is 4.68. The Kier molecular flexibility index (Phi) is 2.69. The Hall–Kier alpha value is -0.490. The van der Waals surface area contributed by atoms with Gasteiger partial charge in [0, 0.05) is 0 Å². The summed E-state index contributed by atoms with van der Waals surface area (Å²) in [5, 5.41) is 0.251. The first-order chi connectivity index (χ1) is 8.81. The van der Waals surface area contributed by atoms with Crippen LogP contribution in [0, 0.1) is 29.6 Å². The molecule has 4 saturated carbocycles. The van der Waals surface area contributed by atoms with Gasteiger partial charge in [-0.2, -0.15) is 0 Å². The number of rotatable bonds is 2. The van der Waals surface area contributed by atoms with Gasteiger partial charge in [-0.25, -0.2) is 0 Å². The molecule has 4 aliphatic carbocycles. The normalized spacial score (nSPS) is 43.1. The first-order valence-electron chi connectivity index (χ1n) is 7.50. The lowest BCUT2D eigenvalue weighted by molar-refractivity contribution is -0.0381. The Labute approximate surface area is 115 Å². The number of alkyl halides is 1. The Balaban J connectivity index is 1.61. The number of halogens is 1. The number of hydrogen-bond acceptors (Lipinski definition) is 0. The molecule has 0 aliphatic heterocycles. The van der Waals surface area contributed by atoms with Gasteiger partial charge in [0.2, 0.25) is 0 Å². The molecule has 0 aromatic heterocycles. The van der Waals surface area contributed by atoms with Crippen LogP contribution in [0.3, 0.4) is 0 Å². The summed E-state index contributed by atoms with van der Waals surface area (Å²) in [5.41, 5.74) is 1.34. The van der Waals surface area contributed by atoms with Crippen LogP contribution in [-0.2, 0) is 0 Å². The maximum absolute atomic E-state index is 6.85. The van der Waals surface area contributed by atoms with E-state index in [2.05, 4.69) is 30.3 Å². The van der Waals surface area contributed by atoms with Gasteiger partial charge in [0.25, 0.3) is 0 Å². The average Bonchev–Trinajstić information content (AvgIpc) is 2.38. The Morgan fingerprint density at radius 3 is 1.94 bits per heavy atom. The van der Waals surface area contributed by atoms with Crippen molar-refractivity contribution in [2.75, 3.05) is 0 Å². The number of hydrogen-bond donors (Lipinski definition) is 0. The van der Waals surface area contributed by atoms with Crippen LogP contribution >= 0.6 is 11.6 Å². The monoisotopic (exact) mass is 260 g/mol. The molecule has 1 heteroatoms. The van der Waals surface area contributed by atoms with Crippen LogP contribution in [-0.4, -0.2) is 0 Å². The van der Waals surface area contributed by atoms with Gasteiger partial charge in [0.05, 0.1) is 5.38 Å². The Morgan fingerprint density at radius 2 is 1.39 bits per heavy atom. The van der Waals surface area contributed by atoms with Gasteiger partial charge >= 0.3 is 0 Å². The fraction of sp³-hybridized carbons (Fsp3) is 0.647. The summed E-state index contributed by atoms with van der Waals surface area (Å²) >= 11 is 6.85. The first kappa shape index (κ1) is 11.3. The largest absolute Gasteiger partial charge is 0.117 e. The molecule has 18 heavy (non-hydrogen) atoms. The lowest BCUT2D eigenvalue weighted by Gasteiger charge is -2.55. The maximum atomic E-state index is 6.85. The van der Waals surface area contributed by atoms with Gasteiger partial charge in [-0.05, 0) is 67.3 Å². The van der Waals surface area contributed by atoms with Crippen LogP contribution in [0.1, 0.15) is 43.0 Å². The Bertz CT molecular complexity index is 396. The van der Waals surface area contributed by atoms with Crippen molar-refractivity contribution < 1.29 is 0 Å². The predicted molar refractivity (Wildman–Crippen MR) is 75.6 cm³/mol. The van der Waals surface area contributed by atoms with E-state index in [1.807, 2.05) is 0 Å². The minimum absolute atomic E-state index is 0.251. The molecule has 4 aliphatic rings. The predicted octanol–water partition coefficient (Wildman–Crippen LogP) is 5.04. The molecule has 0 saturated heterocycles. The molecule has 1 aromatic rings. The van der Waals surface area contributed by atoms with Crippen LogP contribution in [0.25, 0.3) is 0 Å². The van der Waals surface area contributed by atoms with Crippen molar-refractivity contribution in [3.05, 3.63) is 35.9 Å². The van der Waals surface area contributed by atoms with E-state index < -0.39 is 0 Å². The van der Waals surface area contributed by atoms with E-state index >= 15 is 0 Å². The quantitative estimate of drug-likeness (QED) is 0.654. The standard InChI is InChI=1S/C17H21Cl/c18-17(13-4-2-1-3-5-13)16-14-7-11-6-12(9-14)10-15(16)8-11/h1-5,11-12,14-17H,6-10H2. The van der Waals surface area contributed by atoms with E-state index in [0.717, 1.165) is 29.6 Å². The molecule has 1 atom stereocenters. The SMILES string of the molecule is ClC(c1ccccc1)C1C2CC3CC(C2)CC1C3. The second-order valence-corrected chi connectivity index (χ2v) is 7.29. The summed E-state index contributed by atoms with van der Waals surface area (Å²) in [6, 6.07) is 10.8. The lowest BCUT2D eigenvalue weighted by atomic mass is 9.51. The van der Waals surface area contributed by atoms with Crippen molar-refractivity contribution in [2.45, 2.75) is 37.5 Å². The molecule has 1 aromatic carbocycles. The first-order valence-corrected chi connectivity index (χ1v) is 7.94. The van der Waals surface area contributed by atoms with E-state index in [1.165, 1.54) is 37.7 Å². The number of benzene rings is 1. The molecule has 0 radical (unpaired) electrons. The van der Waals surface area contributed by atoms with Gasteiger partial charge in [0.1, 0.15) is 0 Å². The summed E-state index contributed by atoms with van der Waals surface area (Å²) in [6.07, 6.45) is 7.39. The third kappa shape index (κ3) is 1.72. The molecule has 96 valence electrons. The van der Waals surface area contributed by atoms with Crippen molar-refractivity contribution >= 4 is 11.6 Å². The summed E-state index contributed by atoms with van der Waals surface area (Å²) in [6.45, 7) is 0. The van der Waals surface area contributed by atoms with Gasteiger partial charge in [-0.15, -0.1) is 11.6 Å². The van der Waals surface area contributed by atoms with Crippen molar-refractivity contribution in [1.82, 2.24) is 0 Å². The van der Waals surface area contributed by atoms with E-state index in [9.17, 15) is 0 Å². The molecule has 0 amide bonds. The van der Waals surface area contributed by atoms with Crippen molar-refractivity contribution in [2.24, 2.45) is 29.6 Å². The van der Waals surface area contributed by atoms with Crippen LogP contribution in [0.4, 0.5) is 0 Å². The second kappa shape index (κ2) is 4.27. The van der Waals surface area contributed by atoms with Crippen LogP contribution < -0.4 is 0 Å². The van der Waals surface area contributed by atoms with Crippen LogP contribution in [0.2, 0.25) is 0 Å². The van der Waals surface area contributed by atoms with Crippen molar-refractivity contribution in [3.8, 4) is 0 Å². The minimum Gasteiger partial charge on any atom is -0.117 e. The molecule has 5 rings (SSSR count). The summed E-state index contributed by atoms with van der Waals surface area (Å²) in [4.78, 5) is 0. The van der Waals surface area contributed by atoms with Crippen LogP contribution in [0.5, 0.6) is 0 Å². The third-order valence-electron chi connectivity index (χ3n) is 5.76. The van der Waals surface area contributed by atoms with Gasteiger partial charge in [0.15, 0.2) is 0 Å². The lowest BCUT2D eigenvalue weighted by Crippen LogP contribution is -2.46. The highest BCUT2D eigenvalue weighted by Gasteiger charge is 2.50. The average molecular weight is 261 g/mol. The van der Waals surface area contributed by atoms with Gasteiger partial charge in [-0.1, -0.05) is 30.3 Å². The topological polar surface area (TPSA) is 0 Å². The molecule has 0 heterocycles. The van der Waals surface area contributed by atoms with E-state index in [-0.39, 0.29) is 5.38 Å². The maximum Gasteiger partial charge on any atom is 0.0618 e. The van der Waals surface area contributed by atoms with E-state index in [1.54, 1.807) is 0 Å². The fourth-order valence-corrected chi connectivity index (χ4v) is 5.86. The van der Waals surface area contributed by atoms with Gasteiger partial charge < -0.3 is 0 Å². The highest BCUT2D eigenvalue weighted by molar-refractivity contribution is 6.21. The zero-order valence-corrected chi connectivity index (χ0v) is 11.5. The molecule has 0 N–H and O–H groups in total. The highest BCUT2D eigenvalue weighted by Crippen LogP contribution is 2.60. The fourth-order valence-electron chi connectivity index (χ4n) is 5.30. The van der Waals surface area contributed by atoms with Crippen molar-refractivity contribution in [1.29, 1.82) is 0 Å². The molecule has 4 bridgehead atoms. The molecular formula is C17H21Cl. The second-order valence-electron chi connectivity index (χ2n) is 6.82. The van der Waals surface area contributed by atoms with Crippen LogP contribution in [0.15, 0.2) is 30.3 Å². The highest BCUT2D eigenvalue weighted by atomic mass is 35.5. The molecular weight excluding hydrogens is 240 g/mol. The Morgan fingerprint density at radius 1 is 0.833 bits per heavy atom. The zero-order chi connectivity index (χ0) is 12.1.